The van der Waals surface area contributed by atoms with Crippen LogP contribution in [0.5, 0.6) is 11.5 Å². The van der Waals surface area contributed by atoms with E-state index in [9.17, 15) is 5.11 Å². The van der Waals surface area contributed by atoms with E-state index in [0.29, 0.717) is 23.8 Å². The normalized spacial score (nSPS) is 17.4. The lowest BCUT2D eigenvalue weighted by atomic mass is 10.1. The Labute approximate surface area is 117 Å². The Morgan fingerprint density at radius 3 is 2.75 bits per heavy atom. The lowest BCUT2D eigenvalue weighted by Gasteiger charge is -2.06. The maximum atomic E-state index is 9.93. The van der Waals surface area contributed by atoms with Crippen molar-refractivity contribution in [3.63, 3.8) is 0 Å². The van der Waals surface area contributed by atoms with Gasteiger partial charge < -0.3 is 14.6 Å². The summed E-state index contributed by atoms with van der Waals surface area (Å²) in [7, 11) is 1.58. The number of ether oxygens (including phenoxy) is 2. The molecule has 1 aliphatic heterocycles. The van der Waals surface area contributed by atoms with E-state index in [1.807, 2.05) is 30.3 Å². The quantitative estimate of drug-likeness (QED) is 0.932. The molecule has 20 heavy (non-hydrogen) atoms. The first-order chi connectivity index (χ1) is 9.78. The van der Waals surface area contributed by atoms with E-state index >= 15 is 0 Å². The lowest BCUT2D eigenvalue weighted by Crippen LogP contribution is -2.02. The van der Waals surface area contributed by atoms with Gasteiger partial charge in [-0.1, -0.05) is 30.3 Å². The van der Waals surface area contributed by atoms with Crippen LogP contribution in [0.2, 0.25) is 0 Å². The predicted octanol–water partition coefficient (Wildman–Crippen LogP) is 2.92. The number of methoxy groups -OCH3 is 1. The third-order valence-electron chi connectivity index (χ3n) is 3.27. The van der Waals surface area contributed by atoms with Crippen molar-refractivity contribution < 1.29 is 14.6 Å². The van der Waals surface area contributed by atoms with Crippen molar-refractivity contribution in [2.45, 2.75) is 6.04 Å². The van der Waals surface area contributed by atoms with Crippen LogP contribution in [0.1, 0.15) is 17.2 Å². The number of aromatic hydroxyl groups is 1. The number of hydrogen-bond acceptors (Lipinski definition) is 4. The minimum Gasteiger partial charge on any atom is -0.507 e. The Kier molecular flexibility index (Phi) is 3.29. The van der Waals surface area contributed by atoms with Gasteiger partial charge in [0.25, 0.3) is 0 Å². The number of nitrogens with zero attached hydrogens (tertiary/aromatic N) is 1. The second-order valence-electron chi connectivity index (χ2n) is 4.55. The zero-order valence-electron chi connectivity index (χ0n) is 11.1. The van der Waals surface area contributed by atoms with Gasteiger partial charge in [-0.2, -0.15) is 0 Å². The molecule has 4 heteroatoms. The Morgan fingerprint density at radius 2 is 2.00 bits per heavy atom. The highest BCUT2D eigenvalue weighted by Gasteiger charge is 2.23. The molecule has 2 aromatic carbocycles. The smallest absolute Gasteiger partial charge is 0.220 e. The Morgan fingerprint density at radius 1 is 1.20 bits per heavy atom. The van der Waals surface area contributed by atoms with Gasteiger partial charge in [0.05, 0.1) is 12.7 Å². The van der Waals surface area contributed by atoms with E-state index < -0.39 is 0 Å². The van der Waals surface area contributed by atoms with Crippen molar-refractivity contribution in [2.75, 3.05) is 13.7 Å². The first kappa shape index (κ1) is 12.5. The Bertz CT molecular complexity index is 637. The minimum absolute atomic E-state index is 0.0307. The molecule has 0 saturated carbocycles. The van der Waals surface area contributed by atoms with E-state index in [4.69, 9.17) is 9.47 Å². The maximum absolute atomic E-state index is 9.93. The van der Waals surface area contributed by atoms with Gasteiger partial charge in [-0.15, -0.1) is 0 Å². The standard InChI is InChI=1S/C16H15NO3/c1-19-12-7-8-15(18)13(9-12)16-17-14(10-20-16)11-5-3-2-4-6-11/h2-9,14,18H,10H2,1H3/t14-/m1/s1. The number of benzene rings is 2. The van der Waals surface area contributed by atoms with Crippen LogP contribution >= 0.6 is 0 Å². The van der Waals surface area contributed by atoms with Gasteiger partial charge in [0.2, 0.25) is 5.90 Å². The third-order valence-corrected chi connectivity index (χ3v) is 3.27. The summed E-state index contributed by atoms with van der Waals surface area (Å²) in [5.74, 6) is 1.25. The number of aliphatic imine (C=N–C) groups is 1. The van der Waals surface area contributed by atoms with Crippen molar-refractivity contribution in [1.29, 1.82) is 0 Å². The fourth-order valence-electron chi connectivity index (χ4n) is 2.18. The van der Waals surface area contributed by atoms with E-state index in [-0.39, 0.29) is 11.8 Å². The van der Waals surface area contributed by atoms with Crippen LogP contribution < -0.4 is 4.74 Å². The monoisotopic (exact) mass is 269 g/mol. The molecule has 1 aliphatic rings. The van der Waals surface area contributed by atoms with Crippen molar-refractivity contribution in [3.05, 3.63) is 59.7 Å². The van der Waals surface area contributed by atoms with E-state index in [2.05, 4.69) is 4.99 Å². The van der Waals surface area contributed by atoms with Crippen LogP contribution in [0.3, 0.4) is 0 Å². The molecule has 2 aromatic rings. The highest BCUT2D eigenvalue weighted by Crippen LogP contribution is 2.30. The third kappa shape index (κ3) is 2.32. The van der Waals surface area contributed by atoms with Crippen LogP contribution in [0, 0.1) is 0 Å². The largest absolute Gasteiger partial charge is 0.507 e. The molecule has 0 spiro atoms. The molecule has 0 amide bonds. The second kappa shape index (κ2) is 5.25. The summed E-state index contributed by atoms with van der Waals surface area (Å²) in [6, 6.07) is 14.9. The van der Waals surface area contributed by atoms with Gasteiger partial charge in [-0.25, -0.2) is 4.99 Å². The number of hydrogen-bond donors (Lipinski definition) is 1. The molecular weight excluding hydrogens is 254 g/mol. The van der Waals surface area contributed by atoms with Crippen LogP contribution in [-0.2, 0) is 4.74 Å². The SMILES string of the molecule is COc1ccc(O)c(C2=N[C@@H](c3ccccc3)CO2)c1. The molecule has 1 atom stereocenters. The summed E-state index contributed by atoms with van der Waals surface area (Å²) in [5, 5.41) is 9.93. The molecule has 0 unspecified atom stereocenters. The summed E-state index contributed by atoms with van der Waals surface area (Å²) in [5.41, 5.74) is 1.66. The van der Waals surface area contributed by atoms with Crippen molar-refractivity contribution in [2.24, 2.45) is 4.99 Å². The van der Waals surface area contributed by atoms with Crippen LogP contribution in [0.15, 0.2) is 53.5 Å². The summed E-state index contributed by atoms with van der Waals surface area (Å²) in [6.45, 7) is 0.482. The number of phenols is 1. The fourth-order valence-corrected chi connectivity index (χ4v) is 2.18. The number of phenolic OH excluding ortho intramolecular Hbond substituents is 1. The van der Waals surface area contributed by atoms with Crippen LogP contribution in [-0.4, -0.2) is 24.7 Å². The van der Waals surface area contributed by atoms with Crippen molar-refractivity contribution in [3.8, 4) is 11.5 Å². The molecule has 0 aliphatic carbocycles. The number of rotatable bonds is 3. The Hall–Kier alpha value is -2.49. The maximum Gasteiger partial charge on any atom is 0.220 e. The van der Waals surface area contributed by atoms with Gasteiger partial charge in [-0.05, 0) is 23.8 Å². The van der Waals surface area contributed by atoms with E-state index in [1.165, 1.54) is 0 Å². The molecule has 0 aromatic heterocycles. The molecule has 0 radical (unpaired) electrons. The first-order valence-corrected chi connectivity index (χ1v) is 6.41. The van der Waals surface area contributed by atoms with E-state index in [1.54, 1.807) is 25.3 Å². The molecule has 1 heterocycles. The van der Waals surface area contributed by atoms with Crippen LogP contribution in [0.25, 0.3) is 0 Å². The molecule has 4 nitrogen and oxygen atoms in total. The molecule has 102 valence electrons. The highest BCUT2D eigenvalue weighted by molar-refractivity contribution is 5.98. The summed E-state index contributed by atoms with van der Waals surface area (Å²) >= 11 is 0. The first-order valence-electron chi connectivity index (χ1n) is 6.41. The summed E-state index contributed by atoms with van der Waals surface area (Å²) < 4.78 is 10.8. The van der Waals surface area contributed by atoms with E-state index in [0.717, 1.165) is 5.56 Å². The molecule has 0 bridgehead atoms. The second-order valence-corrected chi connectivity index (χ2v) is 4.55. The zero-order chi connectivity index (χ0) is 13.9. The fraction of sp³-hybridized carbons (Fsp3) is 0.188. The van der Waals surface area contributed by atoms with Gasteiger partial charge in [0.15, 0.2) is 0 Å². The average Bonchev–Trinajstić information content (AvgIpc) is 2.98. The molecule has 3 rings (SSSR count). The average molecular weight is 269 g/mol. The van der Waals surface area contributed by atoms with Crippen molar-refractivity contribution in [1.82, 2.24) is 0 Å². The summed E-state index contributed by atoms with van der Waals surface area (Å²) in [4.78, 5) is 4.54. The lowest BCUT2D eigenvalue weighted by molar-refractivity contribution is 0.318. The Balaban J connectivity index is 1.92. The van der Waals surface area contributed by atoms with Crippen LogP contribution in [0.4, 0.5) is 0 Å². The summed E-state index contributed by atoms with van der Waals surface area (Å²) in [6.07, 6.45) is 0. The van der Waals surface area contributed by atoms with Gasteiger partial charge in [-0.3, -0.25) is 0 Å². The molecule has 0 fully saturated rings. The zero-order valence-corrected chi connectivity index (χ0v) is 11.1. The van der Waals surface area contributed by atoms with Gasteiger partial charge in [0.1, 0.15) is 24.1 Å². The van der Waals surface area contributed by atoms with Gasteiger partial charge in [0, 0.05) is 0 Å². The molecule has 0 saturated heterocycles. The topological polar surface area (TPSA) is 51.0 Å². The minimum atomic E-state index is -0.0307. The molecular formula is C16H15NO3. The molecule has 1 N–H and O–H groups in total. The van der Waals surface area contributed by atoms with Gasteiger partial charge >= 0.3 is 0 Å². The predicted molar refractivity (Wildman–Crippen MR) is 76.3 cm³/mol. The highest BCUT2D eigenvalue weighted by atomic mass is 16.5. The van der Waals surface area contributed by atoms with Crippen molar-refractivity contribution >= 4 is 5.90 Å².